The SMILES string of the molecule is Cc1ccc(NC(=O)COc2ccccc2/C=C(/C#N)C(=O)NC(N)=O)cc1. The quantitative estimate of drug-likeness (QED) is 0.523. The average Bonchev–Trinajstić information content (AvgIpc) is 2.66. The van der Waals surface area contributed by atoms with Gasteiger partial charge in [0.2, 0.25) is 0 Å². The molecule has 2 aromatic carbocycles. The van der Waals surface area contributed by atoms with Gasteiger partial charge >= 0.3 is 6.03 Å². The first kappa shape index (κ1) is 20.2. The van der Waals surface area contributed by atoms with Gasteiger partial charge in [0.05, 0.1) is 0 Å². The van der Waals surface area contributed by atoms with Crippen molar-refractivity contribution in [1.29, 1.82) is 5.26 Å². The zero-order chi connectivity index (χ0) is 20.5. The smallest absolute Gasteiger partial charge is 0.319 e. The third-order valence-corrected chi connectivity index (χ3v) is 3.51. The number of primary amides is 1. The fourth-order valence-corrected chi connectivity index (χ4v) is 2.19. The Kier molecular flexibility index (Phi) is 6.88. The Hall–Kier alpha value is -4.12. The first-order valence-corrected chi connectivity index (χ1v) is 8.20. The lowest BCUT2D eigenvalue weighted by molar-refractivity contribution is -0.118. The Bertz CT molecular complexity index is 959. The number of hydrogen-bond acceptors (Lipinski definition) is 5. The second kappa shape index (κ2) is 9.54. The number of urea groups is 1. The third kappa shape index (κ3) is 6.00. The summed E-state index contributed by atoms with van der Waals surface area (Å²) in [6.07, 6.45) is 1.24. The molecule has 0 saturated carbocycles. The highest BCUT2D eigenvalue weighted by Crippen LogP contribution is 2.21. The number of amides is 4. The zero-order valence-corrected chi connectivity index (χ0v) is 15.1. The normalized spacial score (nSPS) is 10.5. The third-order valence-electron chi connectivity index (χ3n) is 3.51. The van der Waals surface area contributed by atoms with Gasteiger partial charge in [0.15, 0.2) is 6.61 Å². The van der Waals surface area contributed by atoms with E-state index in [9.17, 15) is 14.4 Å². The van der Waals surface area contributed by atoms with Crippen LogP contribution in [0.4, 0.5) is 10.5 Å². The molecule has 0 aromatic heterocycles. The highest BCUT2D eigenvalue weighted by molar-refractivity contribution is 6.08. The van der Waals surface area contributed by atoms with Crippen molar-refractivity contribution in [2.75, 3.05) is 11.9 Å². The van der Waals surface area contributed by atoms with Crippen LogP contribution in [0, 0.1) is 18.3 Å². The average molecular weight is 378 g/mol. The Morgan fingerprint density at radius 1 is 1.14 bits per heavy atom. The summed E-state index contributed by atoms with van der Waals surface area (Å²) in [6, 6.07) is 14.5. The van der Waals surface area contributed by atoms with Crippen LogP contribution >= 0.6 is 0 Å². The number of nitriles is 1. The predicted molar refractivity (Wildman–Crippen MR) is 103 cm³/mol. The van der Waals surface area contributed by atoms with Crippen LogP contribution < -0.4 is 21.1 Å². The van der Waals surface area contributed by atoms with E-state index in [1.165, 1.54) is 6.08 Å². The fourth-order valence-electron chi connectivity index (χ4n) is 2.19. The van der Waals surface area contributed by atoms with E-state index in [0.717, 1.165) is 5.56 Å². The maximum atomic E-state index is 12.1. The van der Waals surface area contributed by atoms with Gasteiger partial charge in [-0.15, -0.1) is 0 Å². The van der Waals surface area contributed by atoms with E-state index < -0.39 is 11.9 Å². The standard InChI is InChI=1S/C20H18N4O4/c1-13-6-8-16(9-7-13)23-18(25)12-28-17-5-3-2-4-14(17)10-15(11-21)19(26)24-20(22)27/h2-10H,12H2,1H3,(H,23,25)(H3,22,24,26,27)/b15-10-. The van der Waals surface area contributed by atoms with E-state index in [-0.39, 0.29) is 18.1 Å². The minimum atomic E-state index is -1.07. The molecule has 28 heavy (non-hydrogen) atoms. The Labute approximate surface area is 161 Å². The van der Waals surface area contributed by atoms with Gasteiger partial charge in [0, 0.05) is 11.3 Å². The van der Waals surface area contributed by atoms with Gasteiger partial charge in [-0.1, -0.05) is 35.9 Å². The van der Waals surface area contributed by atoms with Crippen LogP contribution in [0.25, 0.3) is 6.08 Å². The Morgan fingerprint density at radius 2 is 1.82 bits per heavy atom. The maximum absolute atomic E-state index is 12.1. The Morgan fingerprint density at radius 3 is 2.46 bits per heavy atom. The molecule has 4 N–H and O–H groups in total. The number of rotatable bonds is 6. The minimum Gasteiger partial charge on any atom is -0.483 e. The van der Waals surface area contributed by atoms with Crippen LogP contribution in [0.5, 0.6) is 5.75 Å². The molecule has 0 atom stereocenters. The van der Waals surface area contributed by atoms with Gasteiger partial charge in [-0.25, -0.2) is 4.79 Å². The lowest BCUT2D eigenvalue weighted by Gasteiger charge is -2.10. The molecular formula is C20H18N4O4. The summed E-state index contributed by atoms with van der Waals surface area (Å²) in [6.45, 7) is 1.67. The molecule has 0 aliphatic carbocycles. The molecule has 2 aromatic rings. The van der Waals surface area contributed by atoms with Crippen molar-refractivity contribution >= 4 is 29.6 Å². The first-order valence-electron chi connectivity index (χ1n) is 8.20. The van der Waals surface area contributed by atoms with Crippen LogP contribution in [0.15, 0.2) is 54.1 Å². The lowest BCUT2D eigenvalue weighted by Crippen LogP contribution is -2.35. The van der Waals surface area contributed by atoms with Gasteiger partial charge in [0.1, 0.15) is 17.4 Å². The van der Waals surface area contributed by atoms with E-state index in [1.54, 1.807) is 42.5 Å². The monoisotopic (exact) mass is 378 g/mol. The van der Waals surface area contributed by atoms with Gasteiger partial charge in [0.25, 0.3) is 11.8 Å². The van der Waals surface area contributed by atoms with E-state index in [0.29, 0.717) is 17.0 Å². The number of carbonyl (C=O) groups is 3. The van der Waals surface area contributed by atoms with Crippen molar-refractivity contribution in [3.8, 4) is 11.8 Å². The molecule has 8 nitrogen and oxygen atoms in total. The number of para-hydroxylation sites is 1. The van der Waals surface area contributed by atoms with Gasteiger partial charge in [-0.3, -0.25) is 14.9 Å². The summed E-state index contributed by atoms with van der Waals surface area (Å²) in [4.78, 5) is 34.6. The number of ether oxygens (including phenoxy) is 1. The molecule has 4 amide bonds. The maximum Gasteiger partial charge on any atom is 0.319 e. The topological polar surface area (TPSA) is 134 Å². The van der Waals surface area contributed by atoms with E-state index >= 15 is 0 Å². The second-order valence-corrected chi connectivity index (χ2v) is 5.73. The number of aryl methyl sites for hydroxylation is 1. The molecular weight excluding hydrogens is 360 g/mol. The predicted octanol–water partition coefficient (Wildman–Crippen LogP) is 2.11. The molecule has 0 spiro atoms. The summed E-state index contributed by atoms with van der Waals surface area (Å²) in [7, 11) is 0. The lowest BCUT2D eigenvalue weighted by atomic mass is 10.1. The number of imide groups is 1. The van der Waals surface area contributed by atoms with E-state index in [4.69, 9.17) is 15.7 Å². The van der Waals surface area contributed by atoms with E-state index in [2.05, 4.69) is 5.32 Å². The number of nitrogens with one attached hydrogen (secondary N) is 2. The highest BCUT2D eigenvalue weighted by Gasteiger charge is 2.13. The number of nitrogens with two attached hydrogens (primary N) is 1. The van der Waals surface area contributed by atoms with Crippen LogP contribution in [0.3, 0.4) is 0 Å². The van der Waals surface area contributed by atoms with Crippen molar-refractivity contribution in [1.82, 2.24) is 5.32 Å². The van der Waals surface area contributed by atoms with Crippen LogP contribution in [0.2, 0.25) is 0 Å². The summed E-state index contributed by atoms with van der Waals surface area (Å²) in [5.74, 6) is -1.00. The molecule has 0 heterocycles. The largest absolute Gasteiger partial charge is 0.483 e. The van der Waals surface area contributed by atoms with Gasteiger partial charge < -0.3 is 15.8 Å². The molecule has 8 heteroatoms. The summed E-state index contributed by atoms with van der Waals surface area (Å²) in [5, 5.41) is 13.6. The number of benzene rings is 2. The molecule has 142 valence electrons. The molecule has 0 bridgehead atoms. The van der Waals surface area contributed by atoms with Crippen molar-refractivity contribution < 1.29 is 19.1 Å². The van der Waals surface area contributed by atoms with Crippen molar-refractivity contribution in [3.63, 3.8) is 0 Å². The molecule has 0 radical (unpaired) electrons. The molecule has 0 fully saturated rings. The van der Waals surface area contributed by atoms with Crippen LogP contribution in [-0.2, 0) is 9.59 Å². The second-order valence-electron chi connectivity index (χ2n) is 5.73. The number of anilines is 1. The van der Waals surface area contributed by atoms with Gasteiger partial charge in [-0.05, 0) is 31.2 Å². The summed E-state index contributed by atoms with van der Waals surface area (Å²) in [5.41, 5.74) is 6.66. The molecule has 0 unspecified atom stereocenters. The summed E-state index contributed by atoms with van der Waals surface area (Å²) >= 11 is 0. The van der Waals surface area contributed by atoms with Crippen molar-refractivity contribution in [2.24, 2.45) is 5.73 Å². The molecule has 0 aliphatic rings. The number of nitrogens with zero attached hydrogens (tertiary/aromatic N) is 1. The van der Waals surface area contributed by atoms with Crippen molar-refractivity contribution in [3.05, 3.63) is 65.2 Å². The van der Waals surface area contributed by atoms with Crippen LogP contribution in [-0.4, -0.2) is 24.5 Å². The highest BCUT2D eigenvalue weighted by atomic mass is 16.5. The molecule has 0 aliphatic heterocycles. The van der Waals surface area contributed by atoms with Crippen LogP contribution in [0.1, 0.15) is 11.1 Å². The van der Waals surface area contributed by atoms with E-state index in [1.807, 2.05) is 24.4 Å². The minimum absolute atomic E-state index is 0.270. The molecule has 0 saturated heterocycles. The zero-order valence-electron chi connectivity index (χ0n) is 15.1. The number of hydrogen-bond donors (Lipinski definition) is 3. The van der Waals surface area contributed by atoms with Crippen molar-refractivity contribution in [2.45, 2.75) is 6.92 Å². The first-order chi connectivity index (χ1) is 13.4. The number of carbonyl (C=O) groups excluding carboxylic acids is 3. The Balaban J connectivity index is 2.08. The molecule has 2 rings (SSSR count). The van der Waals surface area contributed by atoms with Gasteiger partial charge in [-0.2, -0.15) is 5.26 Å². The summed E-state index contributed by atoms with van der Waals surface area (Å²) < 4.78 is 5.51. The fraction of sp³-hybridized carbons (Fsp3) is 0.100.